The minimum atomic E-state index is 0.889. The lowest BCUT2D eigenvalue weighted by Gasteiger charge is -1.80. The summed E-state index contributed by atoms with van der Waals surface area (Å²) in [6, 6.07) is 0. The van der Waals surface area contributed by atoms with Gasteiger partial charge in [0.15, 0.2) is 0 Å². The Kier molecular flexibility index (Phi) is 4.97. The normalized spacial score (nSPS) is 24.0. The second kappa shape index (κ2) is 5.97. The Labute approximate surface area is 66.0 Å². The van der Waals surface area contributed by atoms with Crippen LogP contribution in [0.5, 0.6) is 0 Å². The molecule has 2 aliphatic heterocycles. The molecule has 0 atom stereocenters. The van der Waals surface area contributed by atoms with E-state index in [0.29, 0.717) is 0 Å². The fourth-order valence-corrected chi connectivity index (χ4v) is 1.44. The molecule has 2 saturated heterocycles. The predicted molar refractivity (Wildman–Crippen MR) is 43.6 cm³/mol. The molecule has 60 valence electrons. The summed E-state index contributed by atoms with van der Waals surface area (Å²) in [4.78, 5) is 4.69. The topological polar surface area (TPSA) is 33.3 Å². The van der Waals surface area contributed by atoms with Crippen molar-refractivity contribution in [3.8, 4) is 0 Å². The number of hydroxylamine groups is 1. The highest BCUT2D eigenvalue weighted by molar-refractivity contribution is 7.97. The first-order valence-electron chi connectivity index (χ1n) is 3.69. The van der Waals surface area contributed by atoms with Gasteiger partial charge in [0.1, 0.15) is 0 Å². The predicted octanol–water partition coefficient (Wildman–Crippen LogP) is 0.539. The van der Waals surface area contributed by atoms with Crippen molar-refractivity contribution < 1.29 is 4.84 Å². The molecule has 0 saturated carbocycles. The van der Waals surface area contributed by atoms with Crippen LogP contribution in [0.25, 0.3) is 0 Å². The van der Waals surface area contributed by atoms with E-state index in [1.807, 2.05) is 11.9 Å². The van der Waals surface area contributed by atoms with Gasteiger partial charge in [0.25, 0.3) is 0 Å². The minimum absolute atomic E-state index is 0.889. The summed E-state index contributed by atoms with van der Waals surface area (Å²) in [5, 5.41) is 0. The van der Waals surface area contributed by atoms with E-state index < -0.39 is 0 Å². The molecule has 0 aromatic rings. The third-order valence-electron chi connectivity index (χ3n) is 1.25. The second-order valence-electron chi connectivity index (χ2n) is 2.19. The fourth-order valence-electron chi connectivity index (χ4n) is 0.722. The van der Waals surface area contributed by atoms with Crippen molar-refractivity contribution in [1.82, 2.24) is 10.2 Å². The van der Waals surface area contributed by atoms with Gasteiger partial charge >= 0.3 is 0 Å². The lowest BCUT2D eigenvalue weighted by atomic mass is 10.5. The largest absolute Gasteiger partial charge is 0.302 e. The van der Waals surface area contributed by atoms with Crippen LogP contribution in [-0.2, 0) is 4.84 Å². The van der Waals surface area contributed by atoms with Gasteiger partial charge in [-0.15, -0.1) is 0 Å². The molecule has 2 rings (SSSR count). The van der Waals surface area contributed by atoms with Crippen LogP contribution >= 0.6 is 11.9 Å². The van der Waals surface area contributed by atoms with Crippen LogP contribution in [0, 0.1) is 0 Å². The molecule has 0 aromatic carbocycles. The smallest absolute Gasteiger partial charge is 0.0695 e. The Morgan fingerprint density at radius 1 is 1.20 bits per heavy atom. The van der Waals surface area contributed by atoms with E-state index in [9.17, 15) is 0 Å². The lowest BCUT2D eigenvalue weighted by molar-refractivity contribution is 0.103. The van der Waals surface area contributed by atoms with Crippen LogP contribution < -0.4 is 10.2 Å². The molecule has 4 heteroatoms. The quantitative estimate of drug-likeness (QED) is 0.509. The molecule has 10 heavy (non-hydrogen) atoms. The summed E-state index contributed by atoms with van der Waals surface area (Å²) >= 11 is 1.82. The Balaban J connectivity index is 0.0000001000. The minimum Gasteiger partial charge on any atom is -0.302 e. The van der Waals surface area contributed by atoms with Gasteiger partial charge < -0.3 is 4.84 Å². The Bertz CT molecular complexity index is 48.9. The van der Waals surface area contributed by atoms with Gasteiger partial charge in [-0.25, -0.2) is 5.48 Å². The summed E-state index contributed by atoms with van der Waals surface area (Å²) < 4.78 is 3.14. The van der Waals surface area contributed by atoms with Gasteiger partial charge in [0.2, 0.25) is 0 Å². The van der Waals surface area contributed by atoms with Gasteiger partial charge in [-0.2, -0.15) is 0 Å². The van der Waals surface area contributed by atoms with Crippen LogP contribution in [-0.4, -0.2) is 25.4 Å². The van der Waals surface area contributed by atoms with E-state index in [0.717, 1.165) is 13.2 Å². The maximum absolute atomic E-state index is 4.69. The average molecular weight is 162 g/mol. The summed E-state index contributed by atoms with van der Waals surface area (Å²) in [7, 11) is 0. The van der Waals surface area contributed by atoms with Crippen LogP contribution in [0.2, 0.25) is 0 Å². The van der Waals surface area contributed by atoms with Crippen LogP contribution in [0.15, 0.2) is 0 Å². The van der Waals surface area contributed by atoms with Gasteiger partial charge in [-0.1, -0.05) is 11.9 Å². The summed E-state index contributed by atoms with van der Waals surface area (Å²) in [5.41, 5.74) is 2.72. The van der Waals surface area contributed by atoms with E-state index in [2.05, 4.69) is 10.2 Å². The Morgan fingerprint density at radius 2 is 2.20 bits per heavy atom. The van der Waals surface area contributed by atoms with Gasteiger partial charge in [0, 0.05) is 18.8 Å². The van der Waals surface area contributed by atoms with Crippen molar-refractivity contribution in [2.45, 2.75) is 12.8 Å². The third-order valence-corrected chi connectivity index (χ3v) is 2.16. The maximum Gasteiger partial charge on any atom is 0.0695 e. The van der Waals surface area contributed by atoms with Gasteiger partial charge in [0.05, 0.1) is 6.61 Å². The van der Waals surface area contributed by atoms with Crippen LogP contribution in [0.4, 0.5) is 0 Å². The molecule has 2 fully saturated rings. The summed E-state index contributed by atoms with van der Waals surface area (Å²) in [6.45, 7) is 3.13. The Morgan fingerprint density at radius 3 is 2.40 bits per heavy atom. The lowest BCUT2D eigenvalue weighted by Crippen LogP contribution is -2.01. The van der Waals surface area contributed by atoms with E-state index in [4.69, 9.17) is 4.84 Å². The molecule has 3 nitrogen and oxygen atoms in total. The molecule has 0 unspecified atom stereocenters. The first-order valence-corrected chi connectivity index (χ1v) is 4.68. The van der Waals surface area contributed by atoms with E-state index in [1.165, 1.54) is 25.1 Å². The highest BCUT2D eigenvalue weighted by Gasteiger charge is 1.94. The molecular weight excluding hydrogens is 148 g/mol. The second-order valence-corrected chi connectivity index (χ2v) is 3.18. The van der Waals surface area contributed by atoms with Crippen molar-refractivity contribution in [3.05, 3.63) is 0 Å². The monoisotopic (exact) mass is 162 g/mol. The highest BCUT2D eigenvalue weighted by atomic mass is 32.2. The van der Waals surface area contributed by atoms with Gasteiger partial charge in [-0.3, -0.25) is 4.72 Å². The maximum atomic E-state index is 4.69. The molecule has 0 aliphatic carbocycles. The zero-order chi connectivity index (χ0) is 7.07. The van der Waals surface area contributed by atoms with E-state index >= 15 is 0 Å². The van der Waals surface area contributed by atoms with Crippen LogP contribution in [0.3, 0.4) is 0 Å². The molecule has 0 bridgehead atoms. The van der Waals surface area contributed by atoms with Gasteiger partial charge in [-0.05, 0) is 12.8 Å². The first-order chi connectivity index (χ1) is 5.00. The number of rotatable bonds is 0. The molecule has 0 amide bonds. The molecule has 0 radical (unpaired) electrons. The van der Waals surface area contributed by atoms with Crippen molar-refractivity contribution in [2.24, 2.45) is 0 Å². The van der Waals surface area contributed by atoms with Crippen molar-refractivity contribution in [3.63, 3.8) is 0 Å². The van der Waals surface area contributed by atoms with E-state index in [-0.39, 0.29) is 0 Å². The third kappa shape index (κ3) is 4.11. The molecule has 0 aromatic heterocycles. The van der Waals surface area contributed by atoms with Crippen LogP contribution in [0.1, 0.15) is 12.8 Å². The zero-order valence-corrected chi connectivity index (χ0v) is 6.88. The first kappa shape index (κ1) is 8.33. The molecule has 2 N–H and O–H groups in total. The molecule has 0 spiro atoms. The summed E-state index contributed by atoms with van der Waals surface area (Å²) in [5.74, 6) is 1.31. The molecular formula is C6H14N2OS. The standard InChI is InChI=1S/C3H7NO.C3H7NS/c2*1-2-4-5-3-1/h2*4H,1-3H2. The SMILES string of the molecule is C1CNOC1.C1CNSC1. The van der Waals surface area contributed by atoms with Crippen molar-refractivity contribution in [1.29, 1.82) is 0 Å². The molecule has 2 heterocycles. The highest BCUT2D eigenvalue weighted by Crippen LogP contribution is 2.02. The van der Waals surface area contributed by atoms with Crippen molar-refractivity contribution in [2.75, 3.05) is 25.4 Å². The average Bonchev–Trinajstić information content (AvgIpc) is 2.67. The fraction of sp³-hybridized carbons (Fsp3) is 1.00. The Hall–Kier alpha value is 0.230. The van der Waals surface area contributed by atoms with Crippen molar-refractivity contribution >= 4 is 11.9 Å². The number of hydrogen-bond acceptors (Lipinski definition) is 4. The number of hydrogen-bond donors (Lipinski definition) is 2. The summed E-state index contributed by atoms with van der Waals surface area (Å²) in [6.07, 6.45) is 2.52. The zero-order valence-electron chi connectivity index (χ0n) is 6.06. The molecule has 2 aliphatic rings. The van der Waals surface area contributed by atoms with E-state index in [1.54, 1.807) is 0 Å². The number of nitrogens with one attached hydrogen (secondary N) is 2.